The average molecular weight is 290 g/mol. The van der Waals surface area contributed by atoms with Crippen LogP contribution in [0.15, 0.2) is 10.7 Å². The van der Waals surface area contributed by atoms with Crippen molar-refractivity contribution in [3.05, 3.63) is 34.8 Å². The van der Waals surface area contributed by atoms with Crippen molar-refractivity contribution in [2.75, 3.05) is 0 Å². The van der Waals surface area contributed by atoms with E-state index in [9.17, 15) is 4.79 Å². The molecule has 0 aromatic carbocycles. The number of hydrogen-bond donors (Lipinski definition) is 2. The molecule has 3 heterocycles. The maximum Gasteiger partial charge on any atom is 0.272 e. The first-order chi connectivity index (χ1) is 10.0. The Bertz CT molecular complexity index is 661. The van der Waals surface area contributed by atoms with Crippen LogP contribution in [0.4, 0.5) is 0 Å². The van der Waals surface area contributed by atoms with E-state index in [0.717, 1.165) is 11.3 Å². The van der Waals surface area contributed by atoms with Crippen LogP contribution in [0.1, 0.15) is 53.3 Å². The minimum absolute atomic E-state index is 0.0732. The second kappa shape index (κ2) is 5.33. The number of nitrogens with one attached hydrogen (secondary N) is 2. The van der Waals surface area contributed by atoms with E-state index >= 15 is 0 Å². The Morgan fingerprint density at radius 3 is 3.05 bits per heavy atom. The average Bonchev–Trinajstić information content (AvgIpc) is 3.02. The fraction of sp³-hybridized carbons (Fsp3) is 0.500. The van der Waals surface area contributed by atoms with Gasteiger partial charge in [0.15, 0.2) is 11.6 Å². The summed E-state index contributed by atoms with van der Waals surface area (Å²) in [6, 6.07) is 0. The summed E-state index contributed by atoms with van der Waals surface area (Å²) >= 11 is 0. The lowest BCUT2D eigenvalue weighted by molar-refractivity contribution is -0.00697. The largest absolute Gasteiger partial charge is 0.449 e. The van der Waals surface area contributed by atoms with Gasteiger partial charge < -0.3 is 14.5 Å². The summed E-state index contributed by atoms with van der Waals surface area (Å²) in [6.45, 7) is 6.02. The van der Waals surface area contributed by atoms with Crippen molar-refractivity contribution < 1.29 is 13.9 Å². The van der Waals surface area contributed by atoms with Crippen LogP contribution in [0.2, 0.25) is 0 Å². The molecule has 1 aliphatic rings. The first-order valence-corrected chi connectivity index (χ1v) is 6.96. The molecule has 0 radical (unpaired) electrons. The molecule has 0 saturated heterocycles. The number of oxazole rings is 1. The summed E-state index contributed by atoms with van der Waals surface area (Å²) < 4.78 is 10.8. The predicted molar refractivity (Wildman–Crippen MR) is 73.7 cm³/mol. The van der Waals surface area contributed by atoms with E-state index in [1.165, 1.54) is 6.26 Å². The van der Waals surface area contributed by atoms with Gasteiger partial charge in [-0.25, -0.2) is 4.98 Å². The van der Waals surface area contributed by atoms with Gasteiger partial charge in [0.2, 0.25) is 0 Å². The fourth-order valence-electron chi connectivity index (χ4n) is 2.61. The first-order valence-electron chi connectivity index (χ1n) is 6.96. The molecule has 2 N–H and O–H groups in total. The predicted octanol–water partition coefficient (Wildman–Crippen LogP) is 1.66. The topological polar surface area (TPSA) is 93.0 Å². The third-order valence-electron chi connectivity index (χ3n) is 3.55. The van der Waals surface area contributed by atoms with Crippen molar-refractivity contribution in [3.63, 3.8) is 0 Å². The van der Waals surface area contributed by atoms with Gasteiger partial charge in [-0.15, -0.1) is 0 Å². The summed E-state index contributed by atoms with van der Waals surface area (Å²) in [7, 11) is 0. The highest BCUT2D eigenvalue weighted by Gasteiger charge is 2.29. The van der Waals surface area contributed by atoms with E-state index in [2.05, 4.69) is 20.5 Å². The monoisotopic (exact) mass is 290 g/mol. The number of aromatic amines is 1. The normalized spacial score (nSPS) is 21.1. The van der Waals surface area contributed by atoms with Crippen molar-refractivity contribution in [1.82, 2.24) is 20.5 Å². The lowest BCUT2D eigenvalue weighted by atomic mass is 9.99. The van der Waals surface area contributed by atoms with Crippen LogP contribution in [0.3, 0.4) is 0 Å². The second-order valence-electron chi connectivity index (χ2n) is 5.30. The van der Waals surface area contributed by atoms with Crippen LogP contribution in [-0.2, 0) is 17.7 Å². The van der Waals surface area contributed by atoms with Crippen LogP contribution in [0.25, 0.3) is 0 Å². The van der Waals surface area contributed by atoms with Crippen molar-refractivity contribution in [3.8, 4) is 0 Å². The Balaban J connectivity index is 1.73. The van der Waals surface area contributed by atoms with Gasteiger partial charge in [0, 0.05) is 18.9 Å². The van der Waals surface area contributed by atoms with Gasteiger partial charge in [-0.2, -0.15) is 5.10 Å². The molecule has 0 bridgehead atoms. The Morgan fingerprint density at radius 2 is 2.33 bits per heavy atom. The zero-order valence-electron chi connectivity index (χ0n) is 12.3. The number of carbonyl (C=O) groups is 1. The molecule has 2 aromatic heterocycles. The standard InChI is InChI=1S/C14H18N4O3/c1-7-4-11-12(8(2)21-7)17-18-13(11)14(19)15-5-10-6-20-9(3)16-10/h6-8H,4-5H2,1-3H3,(H,15,19)(H,17,18)/t7-,8+/m1/s1. The van der Waals surface area contributed by atoms with Crippen LogP contribution < -0.4 is 5.32 Å². The van der Waals surface area contributed by atoms with E-state index in [-0.39, 0.29) is 18.1 Å². The molecule has 1 amide bonds. The molecular formula is C14H18N4O3. The smallest absolute Gasteiger partial charge is 0.272 e. The molecule has 2 aromatic rings. The number of aryl methyl sites for hydroxylation is 1. The Morgan fingerprint density at radius 1 is 1.52 bits per heavy atom. The van der Waals surface area contributed by atoms with E-state index in [4.69, 9.17) is 9.15 Å². The van der Waals surface area contributed by atoms with Gasteiger partial charge in [0.25, 0.3) is 5.91 Å². The van der Waals surface area contributed by atoms with Gasteiger partial charge in [-0.05, 0) is 13.8 Å². The zero-order valence-corrected chi connectivity index (χ0v) is 12.3. The first kappa shape index (κ1) is 13.8. The molecule has 3 rings (SSSR count). The van der Waals surface area contributed by atoms with Gasteiger partial charge in [0.1, 0.15) is 6.26 Å². The number of nitrogens with zero attached hydrogens (tertiary/aromatic N) is 2. The van der Waals surface area contributed by atoms with Crippen LogP contribution in [-0.4, -0.2) is 27.2 Å². The molecule has 0 fully saturated rings. The summed E-state index contributed by atoms with van der Waals surface area (Å²) in [4.78, 5) is 16.4. The number of carbonyl (C=O) groups excluding carboxylic acids is 1. The number of aromatic nitrogens is 3. The molecular weight excluding hydrogens is 272 g/mol. The third kappa shape index (κ3) is 2.69. The molecule has 2 atom stereocenters. The highest BCUT2D eigenvalue weighted by molar-refractivity contribution is 5.94. The van der Waals surface area contributed by atoms with Gasteiger partial charge in [-0.3, -0.25) is 9.89 Å². The van der Waals surface area contributed by atoms with Gasteiger partial charge >= 0.3 is 0 Å². The Labute approximate surface area is 122 Å². The third-order valence-corrected chi connectivity index (χ3v) is 3.55. The highest BCUT2D eigenvalue weighted by Crippen LogP contribution is 2.29. The molecule has 7 heteroatoms. The number of ether oxygens (including phenoxy) is 1. The summed E-state index contributed by atoms with van der Waals surface area (Å²) in [5, 5.41) is 9.86. The summed E-state index contributed by atoms with van der Waals surface area (Å²) in [5.74, 6) is 0.366. The number of H-pyrrole nitrogens is 1. The maximum absolute atomic E-state index is 12.3. The number of rotatable bonds is 3. The molecule has 21 heavy (non-hydrogen) atoms. The van der Waals surface area contributed by atoms with Crippen LogP contribution in [0, 0.1) is 6.92 Å². The molecule has 1 aliphatic heterocycles. The summed E-state index contributed by atoms with van der Waals surface area (Å²) in [5.41, 5.74) is 2.95. The quantitative estimate of drug-likeness (QED) is 0.896. The van der Waals surface area contributed by atoms with Gasteiger partial charge in [-0.1, -0.05) is 0 Å². The Kier molecular flexibility index (Phi) is 3.50. The summed E-state index contributed by atoms with van der Waals surface area (Å²) in [6.07, 6.45) is 2.22. The lowest BCUT2D eigenvalue weighted by Gasteiger charge is -2.25. The van der Waals surface area contributed by atoms with Crippen LogP contribution in [0.5, 0.6) is 0 Å². The fourth-order valence-corrected chi connectivity index (χ4v) is 2.61. The van der Waals surface area contributed by atoms with Crippen LogP contribution >= 0.6 is 0 Å². The molecule has 0 spiro atoms. The second-order valence-corrected chi connectivity index (χ2v) is 5.30. The van der Waals surface area contributed by atoms with E-state index in [0.29, 0.717) is 30.2 Å². The minimum atomic E-state index is -0.213. The van der Waals surface area contributed by atoms with E-state index in [1.807, 2.05) is 13.8 Å². The molecule has 0 aliphatic carbocycles. The Hall–Kier alpha value is -2.15. The number of amides is 1. The van der Waals surface area contributed by atoms with Crippen molar-refractivity contribution >= 4 is 5.91 Å². The molecule has 112 valence electrons. The van der Waals surface area contributed by atoms with E-state index < -0.39 is 0 Å². The lowest BCUT2D eigenvalue weighted by Crippen LogP contribution is -2.27. The molecule has 0 saturated carbocycles. The zero-order chi connectivity index (χ0) is 15.0. The van der Waals surface area contributed by atoms with E-state index in [1.54, 1.807) is 6.92 Å². The van der Waals surface area contributed by atoms with Crippen molar-refractivity contribution in [2.45, 2.75) is 45.9 Å². The number of hydrogen-bond acceptors (Lipinski definition) is 5. The minimum Gasteiger partial charge on any atom is -0.449 e. The van der Waals surface area contributed by atoms with Crippen molar-refractivity contribution in [1.29, 1.82) is 0 Å². The van der Waals surface area contributed by atoms with Gasteiger partial charge in [0.05, 0.1) is 30.1 Å². The SMILES string of the molecule is Cc1nc(CNC(=O)c2n[nH]c3c2C[C@@H](C)O[C@H]3C)co1. The highest BCUT2D eigenvalue weighted by atomic mass is 16.5. The van der Waals surface area contributed by atoms with Crippen molar-refractivity contribution in [2.24, 2.45) is 0 Å². The molecule has 7 nitrogen and oxygen atoms in total. The number of fused-ring (bicyclic) bond motifs is 1. The molecule has 0 unspecified atom stereocenters. The maximum atomic E-state index is 12.3.